The average Bonchev–Trinajstić information content (AvgIpc) is 3.08. The minimum Gasteiger partial charge on any atom is -0.493 e. The second-order valence-corrected chi connectivity index (χ2v) is 5.74. The number of hydrogen-bond acceptors (Lipinski definition) is 5. The molecular formula is C19H18N2O5. The number of rotatable bonds is 6. The molecule has 0 aliphatic carbocycles. The van der Waals surface area contributed by atoms with Gasteiger partial charge in [-0.05, 0) is 30.2 Å². The number of carbonyl (C=O) groups excluding carboxylic acids is 1. The van der Waals surface area contributed by atoms with Crippen LogP contribution in [0.4, 0.5) is 11.4 Å². The first-order valence-electron chi connectivity index (χ1n) is 8.06. The van der Waals surface area contributed by atoms with Crippen LogP contribution in [-0.4, -0.2) is 31.1 Å². The van der Waals surface area contributed by atoms with Gasteiger partial charge in [0.2, 0.25) is 0 Å². The lowest BCUT2D eigenvalue weighted by Crippen LogP contribution is -2.28. The zero-order valence-corrected chi connectivity index (χ0v) is 14.3. The molecule has 3 rings (SSSR count). The van der Waals surface area contributed by atoms with Crippen LogP contribution < -0.4 is 14.4 Å². The molecule has 0 atom stereocenters. The van der Waals surface area contributed by atoms with E-state index in [1.54, 1.807) is 35.2 Å². The van der Waals surface area contributed by atoms with Gasteiger partial charge < -0.3 is 14.4 Å². The van der Waals surface area contributed by atoms with Gasteiger partial charge in [-0.25, -0.2) is 0 Å². The van der Waals surface area contributed by atoms with Crippen LogP contribution in [0.1, 0.15) is 15.9 Å². The summed E-state index contributed by atoms with van der Waals surface area (Å²) >= 11 is 0. The van der Waals surface area contributed by atoms with E-state index in [0.29, 0.717) is 42.3 Å². The summed E-state index contributed by atoms with van der Waals surface area (Å²) in [4.78, 5) is 25.0. The van der Waals surface area contributed by atoms with Gasteiger partial charge in [0, 0.05) is 24.2 Å². The normalized spacial score (nSPS) is 12.4. The number of non-ortho nitro benzene ring substituents is 1. The van der Waals surface area contributed by atoms with Crippen molar-refractivity contribution in [2.75, 3.05) is 25.2 Å². The van der Waals surface area contributed by atoms with Crippen molar-refractivity contribution in [3.63, 3.8) is 0 Å². The van der Waals surface area contributed by atoms with E-state index in [-0.39, 0.29) is 11.6 Å². The minimum atomic E-state index is -0.462. The summed E-state index contributed by atoms with van der Waals surface area (Å²) in [6, 6.07) is 9.53. The van der Waals surface area contributed by atoms with Crippen LogP contribution in [0.2, 0.25) is 0 Å². The largest absolute Gasteiger partial charge is 0.493 e. The molecule has 0 radical (unpaired) electrons. The Labute approximate surface area is 150 Å². The van der Waals surface area contributed by atoms with E-state index in [1.807, 2.05) is 0 Å². The molecule has 0 N–H and O–H groups in total. The fourth-order valence-electron chi connectivity index (χ4n) is 2.92. The topological polar surface area (TPSA) is 81.9 Å². The zero-order chi connectivity index (χ0) is 18.7. The third-order valence-electron chi connectivity index (χ3n) is 4.19. The SMILES string of the molecule is C=CCOc1ccc(C(=O)N2CCc3ccc([N+](=O)[O-])cc32)cc1OC. The van der Waals surface area contributed by atoms with Crippen LogP contribution in [0.25, 0.3) is 0 Å². The monoisotopic (exact) mass is 354 g/mol. The van der Waals surface area contributed by atoms with Crippen LogP contribution in [0, 0.1) is 10.1 Å². The first kappa shape index (κ1) is 17.5. The van der Waals surface area contributed by atoms with E-state index in [0.717, 1.165) is 5.56 Å². The number of carbonyl (C=O) groups is 1. The van der Waals surface area contributed by atoms with Crippen LogP contribution >= 0.6 is 0 Å². The number of anilines is 1. The molecule has 0 spiro atoms. The molecular weight excluding hydrogens is 336 g/mol. The van der Waals surface area contributed by atoms with Gasteiger partial charge >= 0.3 is 0 Å². The van der Waals surface area contributed by atoms with Crippen molar-refractivity contribution in [1.29, 1.82) is 0 Å². The number of fused-ring (bicyclic) bond motifs is 1. The van der Waals surface area contributed by atoms with Gasteiger partial charge in [0.25, 0.3) is 11.6 Å². The molecule has 26 heavy (non-hydrogen) atoms. The van der Waals surface area contributed by atoms with E-state index in [4.69, 9.17) is 9.47 Å². The summed E-state index contributed by atoms with van der Waals surface area (Å²) in [5, 5.41) is 11.0. The Morgan fingerprint density at radius 2 is 2.12 bits per heavy atom. The molecule has 7 nitrogen and oxygen atoms in total. The highest BCUT2D eigenvalue weighted by Crippen LogP contribution is 2.34. The molecule has 0 saturated heterocycles. The van der Waals surface area contributed by atoms with E-state index in [9.17, 15) is 14.9 Å². The zero-order valence-electron chi connectivity index (χ0n) is 14.3. The Bertz CT molecular complexity index is 878. The first-order valence-corrected chi connectivity index (χ1v) is 8.06. The summed E-state index contributed by atoms with van der Waals surface area (Å²) in [5.41, 5.74) is 1.89. The Balaban J connectivity index is 1.90. The molecule has 0 aromatic heterocycles. The molecule has 0 saturated carbocycles. The van der Waals surface area contributed by atoms with Gasteiger partial charge in [0.1, 0.15) is 6.61 Å². The minimum absolute atomic E-state index is 0.0331. The third-order valence-corrected chi connectivity index (χ3v) is 4.19. The summed E-state index contributed by atoms with van der Waals surface area (Å²) in [7, 11) is 1.50. The number of methoxy groups -OCH3 is 1. The Hall–Kier alpha value is -3.35. The van der Waals surface area contributed by atoms with Crippen molar-refractivity contribution in [1.82, 2.24) is 0 Å². The molecule has 134 valence electrons. The smallest absolute Gasteiger partial charge is 0.271 e. The van der Waals surface area contributed by atoms with Crippen molar-refractivity contribution in [2.45, 2.75) is 6.42 Å². The van der Waals surface area contributed by atoms with E-state index < -0.39 is 4.92 Å². The standard InChI is InChI=1S/C19H18N2O5/c1-3-10-26-17-7-5-14(11-18(17)25-2)19(22)20-9-8-13-4-6-15(21(23)24)12-16(13)20/h3-7,11-12H,1,8-10H2,2H3. The number of nitro benzene ring substituents is 1. The molecule has 1 heterocycles. The van der Waals surface area contributed by atoms with Crippen LogP contribution in [-0.2, 0) is 6.42 Å². The highest BCUT2D eigenvalue weighted by atomic mass is 16.6. The number of amides is 1. The Morgan fingerprint density at radius 3 is 2.81 bits per heavy atom. The second-order valence-electron chi connectivity index (χ2n) is 5.74. The van der Waals surface area contributed by atoms with Crippen LogP contribution in [0.5, 0.6) is 11.5 Å². The molecule has 2 aromatic rings. The van der Waals surface area contributed by atoms with Gasteiger partial charge in [0.15, 0.2) is 11.5 Å². The lowest BCUT2D eigenvalue weighted by molar-refractivity contribution is -0.384. The van der Waals surface area contributed by atoms with E-state index >= 15 is 0 Å². The lowest BCUT2D eigenvalue weighted by Gasteiger charge is -2.18. The van der Waals surface area contributed by atoms with Crippen molar-refractivity contribution in [3.8, 4) is 11.5 Å². The summed E-state index contributed by atoms with van der Waals surface area (Å²) < 4.78 is 10.8. The summed E-state index contributed by atoms with van der Waals surface area (Å²) in [6.45, 7) is 4.40. The third kappa shape index (κ3) is 3.23. The number of ether oxygens (including phenoxy) is 2. The quantitative estimate of drug-likeness (QED) is 0.451. The predicted octanol–water partition coefficient (Wildman–Crippen LogP) is 3.37. The number of nitro groups is 1. The lowest BCUT2D eigenvalue weighted by atomic mass is 10.1. The predicted molar refractivity (Wildman–Crippen MR) is 97.2 cm³/mol. The van der Waals surface area contributed by atoms with Crippen molar-refractivity contribution in [3.05, 3.63) is 70.3 Å². The van der Waals surface area contributed by atoms with Crippen LogP contribution in [0.3, 0.4) is 0 Å². The Kier molecular flexibility index (Phi) is 4.88. The maximum absolute atomic E-state index is 12.9. The van der Waals surface area contributed by atoms with E-state index in [1.165, 1.54) is 19.2 Å². The van der Waals surface area contributed by atoms with Crippen molar-refractivity contribution < 1.29 is 19.2 Å². The molecule has 7 heteroatoms. The molecule has 1 aliphatic rings. The highest BCUT2D eigenvalue weighted by Gasteiger charge is 2.28. The summed E-state index contributed by atoms with van der Waals surface area (Å²) in [5.74, 6) is 0.718. The highest BCUT2D eigenvalue weighted by molar-refractivity contribution is 6.07. The fourth-order valence-corrected chi connectivity index (χ4v) is 2.92. The van der Waals surface area contributed by atoms with Crippen LogP contribution in [0.15, 0.2) is 49.1 Å². The van der Waals surface area contributed by atoms with Crippen molar-refractivity contribution in [2.24, 2.45) is 0 Å². The van der Waals surface area contributed by atoms with Gasteiger partial charge in [-0.15, -0.1) is 0 Å². The molecule has 1 aliphatic heterocycles. The molecule has 1 amide bonds. The first-order chi connectivity index (χ1) is 12.5. The molecule has 0 fully saturated rings. The number of hydrogen-bond donors (Lipinski definition) is 0. The maximum atomic E-state index is 12.9. The van der Waals surface area contributed by atoms with Gasteiger partial charge in [-0.2, -0.15) is 0 Å². The van der Waals surface area contributed by atoms with Crippen molar-refractivity contribution >= 4 is 17.3 Å². The maximum Gasteiger partial charge on any atom is 0.271 e. The fraction of sp³-hybridized carbons (Fsp3) is 0.211. The number of benzene rings is 2. The summed E-state index contributed by atoms with van der Waals surface area (Å²) in [6.07, 6.45) is 2.28. The molecule has 0 unspecified atom stereocenters. The van der Waals surface area contributed by atoms with Gasteiger partial charge in [0.05, 0.1) is 17.7 Å². The van der Waals surface area contributed by atoms with Gasteiger partial charge in [-0.1, -0.05) is 18.7 Å². The van der Waals surface area contributed by atoms with E-state index in [2.05, 4.69) is 6.58 Å². The Morgan fingerprint density at radius 1 is 1.31 bits per heavy atom. The molecule has 0 bridgehead atoms. The average molecular weight is 354 g/mol. The van der Waals surface area contributed by atoms with Gasteiger partial charge in [-0.3, -0.25) is 14.9 Å². The second kappa shape index (κ2) is 7.26. The molecule has 2 aromatic carbocycles. The number of nitrogens with zero attached hydrogens (tertiary/aromatic N) is 2.